The van der Waals surface area contributed by atoms with Gasteiger partial charge in [-0.15, -0.1) is 0 Å². The van der Waals surface area contributed by atoms with Gasteiger partial charge in [0.05, 0.1) is 5.69 Å². The summed E-state index contributed by atoms with van der Waals surface area (Å²) in [5.41, 5.74) is 12.0. The minimum absolute atomic E-state index is 0.978. The Bertz CT molecular complexity index is 1170. The van der Waals surface area contributed by atoms with E-state index in [0.717, 1.165) is 12.8 Å². The van der Waals surface area contributed by atoms with Crippen molar-refractivity contribution < 1.29 is 0 Å². The summed E-state index contributed by atoms with van der Waals surface area (Å²) in [6.07, 6.45) is 2.02. The molecule has 0 amide bonds. The highest BCUT2D eigenvalue weighted by Gasteiger charge is 2.25. The Kier molecular flexibility index (Phi) is 4.44. The van der Waals surface area contributed by atoms with Gasteiger partial charge >= 0.3 is 0 Å². The van der Waals surface area contributed by atoms with E-state index in [0.29, 0.717) is 0 Å². The predicted molar refractivity (Wildman–Crippen MR) is 123 cm³/mol. The van der Waals surface area contributed by atoms with Gasteiger partial charge in [0.25, 0.3) is 0 Å². The predicted octanol–water partition coefficient (Wildman–Crippen LogP) is 7.60. The molecule has 1 heteroatoms. The van der Waals surface area contributed by atoms with E-state index in [4.69, 9.17) is 0 Å². The van der Waals surface area contributed by atoms with E-state index in [1.165, 1.54) is 50.4 Å². The second-order valence-electron chi connectivity index (χ2n) is 7.78. The highest BCUT2D eigenvalue weighted by atomic mass is 15.2. The fraction of sp³-hybridized carbons (Fsp3) is 0.143. The number of hydrogen-bond acceptors (Lipinski definition) is 1. The van der Waals surface area contributed by atoms with Crippen LogP contribution in [0.3, 0.4) is 0 Å². The molecule has 1 nitrogen and oxygen atoms in total. The SMILES string of the molecule is CCc1ccccc1-c1cc2c(cc1C)Cc1ccccc1N2c1ccccc1. The van der Waals surface area contributed by atoms with Crippen LogP contribution in [0.25, 0.3) is 11.1 Å². The summed E-state index contributed by atoms with van der Waals surface area (Å²) in [5.74, 6) is 0. The van der Waals surface area contributed by atoms with Crippen LogP contribution in [0.4, 0.5) is 17.1 Å². The van der Waals surface area contributed by atoms with Crippen molar-refractivity contribution in [2.75, 3.05) is 4.90 Å². The summed E-state index contributed by atoms with van der Waals surface area (Å²) in [6, 6.07) is 33.1. The molecular formula is C28H25N. The molecule has 142 valence electrons. The van der Waals surface area contributed by atoms with Gasteiger partial charge in [0.2, 0.25) is 0 Å². The third kappa shape index (κ3) is 3.03. The average Bonchev–Trinajstić information content (AvgIpc) is 2.77. The quantitative estimate of drug-likeness (QED) is 0.314. The molecule has 0 saturated heterocycles. The van der Waals surface area contributed by atoms with Gasteiger partial charge in [-0.2, -0.15) is 0 Å². The molecule has 0 N–H and O–H groups in total. The van der Waals surface area contributed by atoms with Gasteiger partial charge in [-0.25, -0.2) is 0 Å². The molecule has 4 aromatic rings. The Morgan fingerprint density at radius 3 is 2.24 bits per heavy atom. The van der Waals surface area contributed by atoms with Gasteiger partial charge in [0.15, 0.2) is 0 Å². The largest absolute Gasteiger partial charge is 0.310 e. The van der Waals surface area contributed by atoms with Crippen molar-refractivity contribution in [2.45, 2.75) is 26.7 Å². The second-order valence-corrected chi connectivity index (χ2v) is 7.78. The maximum atomic E-state index is 2.42. The average molecular weight is 376 g/mol. The zero-order valence-electron chi connectivity index (χ0n) is 17.0. The summed E-state index contributed by atoms with van der Waals surface area (Å²) in [6.45, 7) is 4.48. The van der Waals surface area contributed by atoms with Gasteiger partial charge < -0.3 is 4.90 Å². The molecule has 1 aliphatic rings. The Hall–Kier alpha value is -3.32. The molecule has 4 aromatic carbocycles. The summed E-state index contributed by atoms with van der Waals surface area (Å²) in [4.78, 5) is 2.42. The molecule has 0 spiro atoms. The van der Waals surface area contributed by atoms with Crippen molar-refractivity contribution in [3.63, 3.8) is 0 Å². The number of benzene rings is 4. The van der Waals surface area contributed by atoms with Crippen LogP contribution in [0.5, 0.6) is 0 Å². The standard InChI is InChI=1S/C28H25N/c1-3-21-11-7-9-15-25(21)26-19-28-23(17-20(26)2)18-22-12-8-10-16-27(22)29(28)24-13-5-4-6-14-24/h4-17,19H,3,18H2,1-2H3. The van der Waals surface area contributed by atoms with E-state index in [2.05, 4.69) is 110 Å². The van der Waals surface area contributed by atoms with Crippen molar-refractivity contribution in [3.05, 3.63) is 113 Å². The summed E-state index contributed by atoms with van der Waals surface area (Å²) in [5, 5.41) is 0. The van der Waals surface area contributed by atoms with Crippen LogP contribution in [0.15, 0.2) is 91.0 Å². The minimum Gasteiger partial charge on any atom is -0.310 e. The zero-order valence-corrected chi connectivity index (χ0v) is 17.0. The van der Waals surface area contributed by atoms with Crippen molar-refractivity contribution in [3.8, 4) is 11.1 Å². The summed E-state index contributed by atoms with van der Waals surface area (Å²) < 4.78 is 0. The number of hydrogen-bond donors (Lipinski definition) is 0. The number of para-hydroxylation sites is 2. The molecule has 0 bridgehead atoms. The Morgan fingerprint density at radius 1 is 0.690 bits per heavy atom. The van der Waals surface area contributed by atoms with Crippen LogP contribution in [0, 0.1) is 6.92 Å². The first kappa shape index (κ1) is 17.8. The van der Waals surface area contributed by atoms with E-state index < -0.39 is 0 Å². The van der Waals surface area contributed by atoms with Gasteiger partial charge in [0.1, 0.15) is 0 Å². The topological polar surface area (TPSA) is 3.24 Å². The van der Waals surface area contributed by atoms with E-state index in [9.17, 15) is 0 Å². The van der Waals surface area contributed by atoms with Crippen LogP contribution >= 0.6 is 0 Å². The van der Waals surface area contributed by atoms with Crippen LogP contribution in [0.1, 0.15) is 29.2 Å². The Balaban J connectivity index is 1.75. The molecule has 1 heterocycles. The van der Waals surface area contributed by atoms with Crippen molar-refractivity contribution in [1.82, 2.24) is 0 Å². The molecule has 29 heavy (non-hydrogen) atoms. The first-order chi connectivity index (χ1) is 14.3. The van der Waals surface area contributed by atoms with Gasteiger partial charge in [-0.05, 0) is 71.0 Å². The molecule has 0 radical (unpaired) electrons. The highest BCUT2D eigenvalue weighted by molar-refractivity contribution is 5.87. The van der Waals surface area contributed by atoms with Crippen LogP contribution in [-0.2, 0) is 12.8 Å². The Labute approximate surface area is 173 Å². The summed E-state index contributed by atoms with van der Waals surface area (Å²) >= 11 is 0. The van der Waals surface area contributed by atoms with E-state index in [-0.39, 0.29) is 0 Å². The molecule has 0 fully saturated rings. The summed E-state index contributed by atoms with van der Waals surface area (Å²) in [7, 11) is 0. The monoisotopic (exact) mass is 375 g/mol. The maximum absolute atomic E-state index is 2.42. The molecule has 5 rings (SSSR count). The lowest BCUT2D eigenvalue weighted by atomic mass is 9.88. The van der Waals surface area contributed by atoms with E-state index in [1.54, 1.807) is 0 Å². The van der Waals surface area contributed by atoms with Gasteiger partial charge in [-0.3, -0.25) is 0 Å². The molecule has 1 aliphatic heterocycles. The number of rotatable bonds is 3. The minimum atomic E-state index is 0.978. The lowest BCUT2D eigenvalue weighted by Gasteiger charge is -2.34. The lowest BCUT2D eigenvalue weighted by molar-refractivity contribution is 1.08. The maximum Gasteiger partial charge on any atom is 0.0503 e. The van der Waals surface area contributed by atoms with Crippen LogP contribution in [0.2, 0.25) is 0 Å². The first-order valence-electron chi connectivity index (χ1n) is 10.4. The molecule has 0 unspecified atom stereocenters. The van der Waals surface area contributed by atoms with Crippen LogP contribution < -0.4 is 4.90 Å². The molecular weight excluding hydrogens is 350 g/mol. The number of fused-ring (bicyclic) bond motifs is 2. The lowest BCUT2D eigenvalue weighted by Crippen LogP contribution is -2.18. The van der Waals surface area contributed by atoms with Gasteiger partial charge in [-0.1, -0.05) is 73.7 Å². The fourth-order valence-corrected chi connectivity index (χ4v) is 4.56. The number of nitrogens with zero attached hydrogens (tertiary/aromatic N) is 1. The van der Waals surface area contributed by atoms with Gasteiger partial charge in [0, 0.05) is 17.8 Å². The van der Waals surface area contributed by atoms with Crippen molar-refractivity contribution >= 4 is 17.1 Å². The second kappa shape index (κ2) is 7.25. The number of anilines is 3. The molecule has 0 aromatic heterocycles. The fourth-order valence-electron chi connectivity index (χ4n) is 4.56. The third-order valence-corrected chi connectivity index (χ3v) is 5.98. The van der Waals surface area contributed by atoms with E-state index >= 15 is 0 Å². The zero-order chi connectivity index (χ0) is 19.8. The normalized spacial score (nSPS) is 12.4. The Morgan fingerprint density at radius 2 is 1.41 bits per heavy atom. The third-order valence-electron chi connectivity index (χ3n) is 5.98. The van der Waals surface area contributed by atoms with Crippen LogP contribution in [-0.4, -0.2) is 0 Å². The first-order valence-corrected chi connectivity index (χ1v) is 10.4. The molecule has 0 aliphatic carbocycles. The van der Waals surface area contributed by atoms with Crippen molar-refractivity contribution in [1.29, 1.82) is 0 Å². The highest BCUT2D eigenvalue weighted by Crippen LogP contribution is 2.46. The smallest absolute Gasteiger partial charge is 0.0503 e. The molecule has 0 atom stereocenters. The van der Waals surface area contributed by atoms with Crippen molar-refractivity contribution in [2.24, 2.45) is 0 Å². The van der Waals surface area contributed by atoms with E-state index in [1.807, 2.05) is 0 Å². The molecule has 0 saturated carbocycles. The number of aryl methyl sites for hydroxylation is 2.